The van der Waals surface area contributed by atoms with E-state index in [0.29, 0.717) is 63.5 Å². The van der Waals surface area contributed by atoms with E-state index >= 15 is 0 Å². The van der Waals surface area contributed by atoms with Gasteiger partial charge in [0, 0.05) is 17.4 Å². The second-order valence-electron chi connectivity index (χ2n) is 7.44. The zero-order valence-electron chi connectivity index (χ0n) is 20.7. The summed E-state index contributed by atoms with van der Waals surface area (Å²) in [7, 11) is 1.61. The van der Waals surface area contributed by atoms with Crippen molar-refractivity contribution in [1.29, 1.82) is 0 Å². The Labute approximate surface area is 223 Å². The van der Waals surface area contributed by atoms with E-state index in [1.54, 1.807) is 7.11 Å². The number of halogens is 1. The van der Waals surface area contributed by atoms with Crippen LogP contribution in [0.3, 0.4) is 0 Å². The SMILES string of the molecule is COc1ccc(CNC(=O)CSc2nc(=O)[nH]c(COCCOCCOCCOCCBr)c2C)cc1. The third-order valence-corrected chi connectivity index (χ3v) is 6.21. The van der Waals surface area contributed by atoms with E-state index in [2.05, 4.69) is 31.2 Å². The van der Waals surface area contributed by atoms with Crippen LogP contribution in [0.1, 0.15) is 16.8 Å². The zero-order valence-corrected chi connectivity index (χ0v) is 23.1. The minimum Gasteiger partial charge on any atom is -0.497 e. The van der Waals surface area contributed by atoms with Crippen molar-refractivity contribution in [1.82, 2.24) is 15.3 Å². The molecular weight excluding hydrogens is 554 g/mol. The van der Waals surface area contributed by atoms with Crippen LogP contribution in [0.4, 0.5) is 0 Å². The fraction of sp³-hybridized carbons (Fsp3) is 0.542. The number of aromatic nitrogens is 2. The highest BCUT2D eigenvalue weighted by molar-refractivity contribution is 9.09. The van der Waals surface area contributed by atoms with Crippen LogP contribution in [0.15, 0.2) is 34.1 Å². The van der Waals surface area contributed by atoms with Gasteiger partial charge in [-0.15, -0.1) is 0 Å². The molecule has 2 N–H and O–H groups in total. The molecule has 0 aliphatic carbocycles. The first-order chi connectivity index (χ1) is 17.5. The molecule has 0 spiro atoms. The molecule has 1 aromatic heterocycles. The van der Waals surface area contributed by atoms with Gasteiger partial charge in [-0.1, -0.05) is 39.8 Å². The molecule has 0 saturated carbocycles. The lowest BCUT2D eigenvalue weighted by Gasteiger charge is -2.11. The average molecular weight is 589 g/mol. The summed E-state index contributed by atoms with van der Waals surface area (Å²) in [6, 6.07) is 7.47. The molecule has 2 rings (SSSR count). The van der Waals surface area contributed by atoms with Crippen molar-refractivity contribution in [3.63, 3.8) is 0 Å². The number of aromatic amines is 1. The summed E-state index contributed by atoms with van der Waals surface area (Å²) < 4.78 is 26.9. The van der Waals surface area contributed by atoms with E-state index in [-0.39, 0.29) is 18.3 Å². The third kappa shape index (κ3) is 12.3. The van der Waals surface area contributed by atoms with Crippen molar-refractivity contribution in [3.8, 4) is 5.75 Å². The smallest absolute Gasteiger partial charge is 0.346 e. The lowest BCUT2D eigenvalue weighted by Crippen LogP contribution is -2.25. The lowest BCUT2D eigenvalue weighted by molar-refractivity contribution is -0.118. The first kappa shape index (κ1) is 30.3. The van der Waals surface area contributed by atoms with Crippen LogP contribution in [-0.2, 0) is 36.9 Å². The van der Waals surface area contributed by atoms with Gasteiger partial charge in [0.15, 0.2) is 0 Å². The van der Waals surface area contributed by atoms with Crippen LogP contribution >= 0.6 is 27.7 Å². The number of ether oxygens (including phenoxy) is 5. The maximum absolute atomic E-state index is 12.3. The average Bonchev–Trinajstić information content (AvgIpc) is 2.89. The molecule has 1 aromatic carbocycles. The molecular formula is C24H34BrN3O7S. The number of H-pyrrole nitrogens is 1. The number of alkyl halides is 1. The van der Waals surface area contributed by atoms with Gasteiger partial charge < -0.3 is 34.0 Å². The standard InChI is InChI=1S/C24H34BrN3O7S/c1-18-21(16-35-14-13-34-12-11-33-10-9-32-8-7-25)27-24(30)28-23(18)36-17-22(29)26-15-19-3-5-20(31-2)6-4-19/h3-6H,7-17H2,1-2H3,(H,26,29)(H,27,28,30). The van der Waals surface area contributed by atoms with Crippen molar-refractivity contribution >= 4 is 33.6 Å². The van der Waals surface area contributed by atoms with E-state index < -0.39 is 5.69 Å². The Morgan fingerprint density at radius 1 is 1.00 bits per heavy atom. The molecule has 1 amide bonds. The van der Waals surface area contributed by atoms with Gasteiger partial charge in [0.1, 0.15) is 10.8 Å². The molecule has 0 bridgehead atoms. The number of amides is 1. The normalized spacial score (nSPS) is 11.0. The molecule has 200 valence electrons. The molecule has 0 atom stereocenters. The number of benzene rings is 1. The summed E-state index contributed by atoms with van der Waals surface area (Å²) in [4.78, 5) is 31.0. The first-order valence-corrected chi connectivity index (χ1v) is 13.6. The van der Waals surface area contributed by atoms with Gasteiger partial charge in [-0.3, -0.25) is 4.79 Å². The fourth-order valence-corrected chi connectivity index (χ4v) is 3.94. The molecule has 1 heterocycles. The Bertz CT molecular complexity index is 960. The predicted octanol–water partition coefficient (Wildman–Crippen LogP) is 2.46. The van der Waals surface area contributed by atoms with E-state index in [1.165, 1.54) is 11.8 Å². The van der Waals surface area contributed by atoms with Crippen molar-refractivity contribution in [2.45, 2.75) is 25.1 Å². The summed E-state index contributed by atoms with van der Waals surface area (Å²) in [6.45, 7) is 5.96. The number of nitrogens with one attached hydrogen (secondary N) is 2. The van der Waals surface area contributed by atoms with Gasteiger partial charge in [-0.25, -0.2) is 4.79 Å². The minimum absolute atomic E-state index is 0.145. The summed E-state index contributed by atoms with van der Waals surface area (Å²) in [5.74, 6) is 0.756. The predicted molar refractivity (Wildman–Crippen MR) is 141 cm³/mol. The van der Waals surface area contributed by atoms with Crippen LogP contribution in [0.25, 0.3) is 0 Å². The second-order valence-corrected chi connectivity index (χ2v) is 9.20. The molecule has 2 aromatic rings. The van der Waals surface area contributed by atoms with E-state index in [4.69, 9.17) is 23.7 Å². The molecule has 0 radical (unpaired) electrons. The van der Waals surface area contributed by atoms with E-state index in [0.717, 1.165) is 22.2 Å². The number of hydrogen-bond donors (Lipinski definition) is 2. The maximum Gasteiger partial charge on any atom is 0.346 e. The largest absolute Gasteiger partial charge is 0.497 e. The number of nitrogens with zero attached hydrogens (tertiary/aromatic N) is 1. The Kier molecular flexibility index (Phi) is 15.4. The number of thioether (sulfide) groups is 1. The van der Waals surface area contributed by atoms with Gasteiger partial charge in [0.25, 0.3) is 0 Å². The van der Waals surface area contributed by atoms with Gasteiger partial charge in [0.05, 0.1) is 71.4 Å². The molecule has 0 aliphatic heterocycles. The summed E-state index contributed by atoms with van der Waals surface area (Å²) >= 11 is 4.51. The number of carbonyl (C=O) groups is 1. The van der Waals surface area contributed by atoms with Crippen molar-refractivity contribution in [2.75, 3.05) is 64.4 Å². The Balaban J connectivity index is 1.65. The maximum atomic E-state index is 12.3. The first-order valence-electron chi connectivity index (χ1n) is 11.5. The third-order valence-electron chi connectivity index (χ3n) is 4.81. The van der Waals surface area contributed by atoms with E-state index in [9.17, 15) is 9.59 Å². The molecule has 0 fully saturated rings. The van der Waals surface area contributed by atoms with Crippen LogP contribution in [0.2, 0.25) is 0 Å². The fourth-order valence-electron chi connectivity index (χ4n) is 2.86. The highest BCUT2D eigenvalue weighted by Gasteiger charge is 2.12. The monoisotopic (exact) mass is 587 g/mol. The van der Waals surface area contributed by atoms with Crippen LogP contribution in [-0.4, -0.2) is 80.3 Å². The number of methoxy groups -OCH3 is 1. The number of hydrogen-bond acceptors (Lipinski definition) is 9. The van der Waals surface area contributed by atoms with Crippen LogP contribution in [0, 0.1) is 6.92 Å². The molecule has 0 aliphatic rings. The van der Waals surface area contributed by atoms with E-state index in [1.807, 2.05) is 31.2 Å². The van der Waals surface area contributed by atoms with Gasteiger partial charge in [0.2, 0.25) is 5.91 Å². The Morgan fingerprint density at radius 2 is 1.61 bits per heavy atom. The molecule has 10 nitrogen and oxygen atoms in total. The Hall–Kier alpha value is -1.96. The van der Waals surface area contributed by atoms with Crippen molar-refractivity contribution in [2.24, 2.45) is 0 Å². The van der Waals surface area contributed by atoms with Gasteiger partial charge >= 0.3 is 5.69 Å². The summed E-state index contributed by atoms with van der Waals surface area (Å²) in [6.07, 6.45) is 0. The highest BCUT2D eigenvalue weighted by atomic mass is 79.9. The molecule has 0 unspecified atom stereocenters. The second kappa shape index (κ2) is 18.3. The zero-order chi connectivity index (χ0) is 26.0. The highest BCUT2D eigenvalue weighted by Crippen LogP contribution is 2.20. The number of carbonyl (C=O) groups excluding carboxylic acids is 1. The number of rotatable bonds is 19. The summed E-state index contributed by atoms with van der Waals surface area (Å²) in [5.41, 5.74) is 1.89. The topological polar surface area (TPSA) is 121 Å². The van der Waals surface area contributed by atoms with Gasteiger partial charge in [-0.05, 0) is 24.6 Å². The van der Waals surface area contributed by atoms with Crippen LogP contribution in [0.5, 0.6) is 5.75 Å². The molecule has 0 saturated heterocycles. The van der Waals surface area contributed by atoms with Crippen molar-refractivity contribution in [3.05, 3.63) is 51.6 Å². The quantitative estimate of drug-likeness (QED) is 0.110. The summed E-state index contributed by atoms with van der Waals surface area (Å²) in [5, 5.41) is 4.18. The Morgan fingerprint density at radius 3 is 2.22 bits per heavy atom. The molecule has 36 heavy (non-hydrogen) atoms. The van der Waals surface area contributed by atoms with Gasteiger partial charge in [-0.2, -0.15) is 4.98 Å². The molecule has 12 heteroatoms. The van der Waals surface area contributed by atoms with Crippen molar-refractivity contribution < 1.29 is 28.5 Å². The lowest BCUT2D eigenvalue weighted by atomic mass is 10.2. The van der Waals surface area contributed by atoms with Crippen LogP contribution < -0.4 is 15.7 Å². The minimum atomic E-state index is -0.478.